The number of primary amides is 1. The number of nitrogens with two attached hydrogens (primary N) is 2. The van der Waals surface area contributed by atoms with E-state index in [-0.39, 0.29) is 75.2 Å². The first-order valence-corrected chi connectivity index (χ1v) is 13.9. The van der Waals surface area contributed by atoms with E-state index in [0.29, 0.717) is 19.4 Å². The zero-order valence-corrected chi connectivity index (χ0v) is 24.3. The number of aromatic hydroxyl groups is 1. The number of pyridine rings is 2. The summed E-state index contributed by atoms with van der Waals surface area (Å²) >= 11 is 6.62. The van der Waals surface area contributed by atoms with E-state index in [4.69, 9.17) is 27.8 Å². The van der Waals surface area contributed by atoms with Crippen molar-refractivity contribution in [1.29, 1.82) is 0 Å². The zero-order chi connectivity index (χ0) is 30.9. The number of carbonyl (C=O) groups excluding carboxylic acids is 2. The number of hydrogen-bond donors (Lipinski definition) is 4. The number of ether oxygens (including phenoxy) is 1. The van der Waals surface area contributed by atoms with Crippen LogP contribution in [-0.2, 0) is 20.9 Å². The van der Waals surface area contributed by atoms with E-state index in [2.05, 4.69) is 10.3 Å². The van der Waals surface area contributed by atoms with E-state index in [1.165, 1.54) is 19.2 Å². The van der Waals surface area contributed by atoms with Gasteiger partial charge in [-0.05, 0) is 51.8 Å². The summed E-state index contributed by atoms with van der Waals surface area (Å²) in [5.74, 6) is -1.82. The van der Waals surface area contributed by atoms with Gasteiger partial charge in [-0.3, -0.25) is 38.1 Å². The normalized spacial score (nSPS) is 13.1. The SMILES string of the molecule is COCC(=O)NCCn1c(=O)c2cc(=NC(C)C)c3c(=O)n([C@@H](CCCCN)C(N)=O)c(O)c4cc(Cl)c(c-2c43)c1=O. The molecule has 1 aromatic carbocycles. The minimum Gasteiger partial charge on any atom is -0.494 e. The number of hydrogen-bond acceptors (Lipinski definition) is 9. The van der Waals surface area contributed by atoms with Gasteiger partial charge in [-0.2, -0.15) is 0 Å². The number of unbranched alkanes of at least 4 members (excludes halogenated alkanes) is 1. The van der Waals surface area contributed by atoms with Gasteiger partial charge in [0, 0.05) is 42.6 Å². The van der Waals surface area contributed by atoms with Gasteiger partial charge in [0.15, 0.2) is 0 Å². The Kier molecular flexibility index (Phi) is 9.14. The molecule has 0 bridgehead atoms. The average Bonchev–Trinajstić information content (AvgIpc) is 2.91. The van der Waals surface area contributed by atoms with Crippen molar-refractivity contribution in [1.82, 2.24) is 14.5 Å². The van der Waals surface area contributed by atoms with E-state index in [0.717, 1.165) is 9.13 Å². The van der Waals surface area contributed by atoms with Gasteiger partial charge < -0.3 is 26.6 Å². The fourth-order valence-electron chi connectivity index (χ4n) is 5.32. The number of halogens is 1. The van der Waals surface area contributed by atoms with Crippen LogP contribution in [0.15, 0.2) is 31.5 Å². The van der Waals surface area contributed by atoms with E-state index in [1.807, 2.05) is 0 Å². The maximum atomic E-state index is 14.1. The summed E-state index contributed by atoms with van der Waals surface area (Å²) in [5, 5.41) is 14.2. The lowest BCUT2D eigenvalue weighted by atomic mass is 9.90. The van der Waals surface area contributed by atoms with Gasteiger partial charge in [-0.25, -0.2) is 0 Å². The van der Waals surface area contributed by atoms with E-state index >= 15 is 0 Å². The van der Waals surface area contributed by atoms with Crippen LogP contribution in [0.3, 0.4) is 0 Å². The lowest BCUT2D eigenvalue weighted by Crippen LogP contribution is -2.41. The maximum Gasteiger partial charge on any atom is 0.264 e. The third kappa shape index (κ3) is 5.42. The molecule has 1 aromatic heterocycles. The molecule has 1 aliphatic carbocycles. The highest BCUT2D eigenvalue weighted by atomic mass is 35.5. The van der Waals surface area contributed by atoms with Crippen molar-refractivity contribution in [3.05, 3.63) is 53.6 Å². The van der Waals surface area contributed by atoms with Crippen LogP contribution in [0.5, 0.6) is 5.88 Å². The summed E-state index contributed by atoms with van der Waals surface area (Å²) in [7, 11) is 1.36. The topological polar surface area (TPSA) is 201 Å². The molecule has 14 heteroatoms. The molecule has 6 N–H and O–H groups in total. The molecule has 0 saturated carbocycles. The first-order chi connectivity index (χ1) is 19.9. The molecule has 2 aromatic rings. The largest absolute Gasteiger partial charge is 0.494 e. The van der Waals surface area contributed by atoms with E-state index in [1.54, 1.807) is 13.8 Å². The van der Waals surface area contributed by atoms with Crippen molar-refractivity contribution in [2.45, 2.75) is 51.7 Å². The summed E-state index contributed by atoms with van der Waals surface area (Å²) in [6, 6.07) is 1.23. The molecule has 0 saturated heterocycles. The Labute approximate surface area is 244 Å². The lowest BCUT2D eigenvalue weighted by molar-refractivity contribution is -0.124. The Hall–Kier alpha value is -4.07. The fourth-order valence-corrected chi connectivity index (χ4v) is 5.60. The van der Waals surface area contributed by atoms with Crippen molar-refractivity contribution in [2.24, 2.45) is 16.5 Å². The molecule has 2 amide bonds. The van der Waals surface area contributed by atoms with Crippen LogP contribution in [0.2, 0.25) is 5.02 Å². The number of methoxy groups -OCH3 is 1. The highest BCUT2D eigenvalue weighted by Gasteiger charge is 2.31. The van der Waals surface area contributed by atoms with Gasteiger partial charge in [0.2, 0.25) is 17.7 Å². The predicted octanol–water partition coefficient (Wildman–Crippen LogP) is 0.243. The minimum absolute atomic E-state index is 0.0131. The number of nitrogens with one attached hydrogen (secondary N) is 1. The number of aromatic nitrogens is 2. The Morgan fingerprint density at radius 2 is 1.81 bits per heavy atom. The molecule has 224 valence electrons. The minimum atomic E-state index is -1.20. The van der Waals surface area contributed by atoms with Gasteiger partial charge in [0.25, 0.3) is 16.7 Å². The Morgan fingerprint density at radius 3 is 2.43 bits per heavy atom. The molecule has 0 spiro atoms. The van der Waals surface area contributed by atoms with Crippen LogP contribution in [0.4, 0.5) is 0 Å². The molecular weight excluding hydrogens is 568 g/mol. The van der Waals surface area contributed by atoms with Crippen LogP contribution in [0, 0.1) is 0 Å². The summed E-state index contributed by atoms with van der Waals surface area (Å²) in [5.41, 5.74) is 9.27. The first-order valence-electron chi connectivity index (χ1n) is 13.5. The van der Waals surface area contributed by atoms with Crippen LogP contribution in [0.1, 0.15) is 39.2 Å². The number of carbonyl (C=O) groups is 2. The van der Waals surface area contributed by atoms with Gasteiger partial charge in [-0.1, -0.05) is 11.6 Å². The second kappa shape index (κ2) is 12.4. The van der Waals surface area contributed by atoms with Gasteiger partial charge in [-0.15, -0.1) is 0 Å². The molecule has 0 unspecified atom stereocenters. The molecule has 13 nitrogen and oxygen atoms in total. The second-order valence-corrected chi connectivity index (χ2v) is 10.7. The van der Waals surface area contributed by atoms with Crippen LogP contribution in [0.25, 0.3) is 32.7 Å². The number of amides is 2. The van der Waals surface area contributed by atoms with Crippen LogP contribution in [-0.4, -0.2) is 58.9 Å². The van der Waals surface area contributed by atoms with Gasteiger partial charge in [0.1, 0.15) is 12.6 Å². The summed E-state index contributed by atoms with van der Waals surface area (Å²) in [4.78, 5) is 70.3. The average molecular weight is 601 g/mol. The molecule has 42 heavy (non-hydrogen) atoms. The first kappa shape index (κ1) is 30.9. The highest BCUT2D eigenvalue weighted by molar-refractivity contribution is 6.37. The summed E-state index contributed by atoms with van der Waals surface area (Å²) in [6.07, 6.45) is 1.19. The quantitative estimate of drug-likeness (QED) is 0.131. The molecule has 0 fully saturated rings. The Bertz CT molecular complexity index is 1870. The summed E-state index contributed by atoms with van der Waals surface area (Å²) in [6.45, 7) is 3.56. The molecule has 4 rings (SSSR count). The highest BCUT2D eigenvalue weighted by Crippen LogP contribution is 2.41. The predicted molar refractivity (Wildman–Crippen MR) is 159 cm³/mol. The fraction of sp³-hybridized carbons (Fsp3) is 0.429. The Morgan fingerprint density at radius 1 is 1.10 bits per heavy atom. The zero-order valence-electron chi connectivity index (χ0n) is 23.5. The number of rotatable bonds is 12. The summed E-state index contributed by atoms with van der Waals surface area (Å²) < 4.78 is 6.66. The van der Waals surface area contributed by atoms with Crippen molar-refractivity contribution < 1.29 is 19.4 Å². The lowest BCUT2D eigenvalue weighted by Gasteiger charge is -2.23. The molecular formula is C28H33ClN6O7. The van der Waals surface area contributed by atoms with E-state index in [9.17, 15) is 29.1 Å². The molecule has 2 aliphatic rings. The van der Waals surface area contributed by atoms with Crippen molar-refractivity contribution >= 4 is 45.0 Å². The standard InChI is InChI=1S/C28H33ClN6O7/c1-13(2)33-17-11-15-20-21-14(26(39)35(28(41)23(17)21)18(24(31)37)6-4-5-7-30)10-16(29)22(20)27(40)34(25(15)38)9-8-32-19(36)12-42-3/h10-11,13,18,39H,4-9,12,30H2,1-3H3,(H2,31,37)(H,32,36)/t18-/m0/s1. The number of nitrogens with zero attached hydrogens (tertiary/aromatic N) is 3. The molecule has 1 atom stereocenters. The molecule has 1 aliphatic heterocycles. The maximum absolute atomic E-state index is 14.1. The van der Waals surface area contributed by atoms with Gasteiger partial charge in [0.05, 0.1) is 26.7 Å². The van der Waals surface area contributed by atoms with Crippen molar-refractivity contribution in [3.8, 4) is 17.0 Å². The van der Waals surface area contributed by atoms with Crippen molar-refractivity contribution in [3.63, 3.8) is 0 Å². The van der Waals surface area contributed by atoms with Crippen LogP contribution >= 0.6 is 11.6 Å². The smallest absolute Gasteiger partial charge is 0.264 e. The monoisotopic (exact) mass is 600 g/mol. The van der Waals surface area contributed by atoms with Crippen LogP contribution < -0.4 is 38.8 Å². The molecule has 0 radical (unpaired) electrons. The molecule has 2 heterocycles. The second-order valence-electron chi connectivity index (χ2n) is 10.3. The van der Waals surface area contributed by atoms with Crippen molar-refractivity contribution in [2.75, 3.05) is 26.8 Å². The van der Waals surface area contributed by atoms with Gasteiger partial charge >= 0.3 is 0 Å². The third-order valence-electron chi connectivity index (χ3n) is 7.07. The third-order valence-corrected chi connectivity index (χ3v) is 7.37. The van der Waals surface area contributed by atoms with E-state index < -0.39 is 40.4 Å². The Balaban J connectivity index is 2.12. The number of benzene rings is 2.